The topological polar surface area (TPSA) is 98.8 Å². The molecule has 2 aromatic rings. The van der Waals surface area contributed by atoms with Gasteiger partial charge in [-0.05, 0) is 37.6 Å². The van der Waals surface area contributed by atoms with E-state index >= 15 is 0 Å². The number of para-hydroxylation sites is 3. The van der Waals surface area contributed by atoms with E-state index in [9.17, 15) is 19.2 Å². The fraction of sp³-hybridized carbons (Fsp3) is 0.360. The van der Waals surface area contributed by atoms with E-state index in [4.69, 9.17) is 0 Å². The summed E-state index contributed by atoms with van der Waals surface area (Å²) in [5.74, 6) is -1.66. The average Bonchev–Trinajstić information content (AvgIpc) is 2.88. The Kier molecular flexibility index (Phi) is 7.48. The molecule has 2 N–H and O–H groups in total. The second kappa shape index (κ2) is 10.3. The number of carbonyl (C=O) groups excluding carboxylic acids is 4. The largest absolute Gasteiger partial charge is 0.342 e. The summed E-state index contributed by atoms with van der Waals surface area (Å²) in [7, 11) is 0. The van der Waals surface area contributed by atoms with Crippen LogP contribution in [0.5, 0.6) is 0 Å². The van der Waals surface area contributed by atoms with Gasteiger partial charge >= 0.3 is 0 Å². The Bertz CT molecular complexity index is 1040. The van der Waals surface area contributed by atoms with Gasteiger partial charge in [-0.15, -0.1) is 0 Å². The van der Waals surface area contributed by atoms with Gasteiger partial charge in [-0.1, -0.05) is 44.2 Å². The average molecular weight is 451 g/mol. The monoisotopic (exact) mass is 450 g/mol. The number of nitrogens with one attached hydrogen (secondary N) is 2. The van der Waals surface area contributed by atoms with Crippen LogP contribution in [0.2, 0.25) is 0 Å². The lowest BCUT2D eigenvalue weighted by atomic mass is 10.0. The van der Waals surface area contributed by atoms with Crippen LogP contribution in [0.3, 0.4) is 0 Å². The molecule has 0 fully saturated rings. The van der Waals surface area contributed by atoms with E-state index in [2.05, 4.69) is 10.6 Å². The van der Waals surface area contributed by atoms with Gasteiger partial charge in [0.25, 0.3) is 5.91 Å². The van der Waals surface area contributed by atoms with Crippen molar-refractivity contribution in [2.24, 2.45) is 5.92 Å². The molecule has 1 aliphatic rings. The number of carbonyl (C=O) groups is 4. The number of hydrogen-bond donors (Lipinski definition) is 2. The number of anilines is 3. The van der Waals surface area contributed by atoms with Crippen molar-refractivity contribution in [3.8, 4) is 0 Å². The fourth-order valence-electron chi connectivity index (χ4n) is 3.91. The molecule has 0 aliphatic carbocycles. The summed E-state index contributed by atoms with van der Waals surface area (Å²) in [6, 6.07) is 14.2. The van der Waals surface area contributed by atoms with Crippen LogP contribution in [0.4, 0.5) is 17.1 Å². The first kappa shape index (κ1) is 24.0. The molecule has 0 aromatic heterocycles. The maximum atomic E-state index is 13.7. The fourth-order valence-corrected chi connectivity index (χ4v) is 3.91. The Morgan fingerprint density at radius 3 is 2.21 bits per heavy atom. The Morgan fingerprint density at radius 2 is 1.61 bits per heavy atom. The highest BCUT2D eigenvalue weighted by molar-refractivity contribution is 6.11. The standard InChI is InChI=1S/C25H30N4O4/c1-5-16(2)24(32)27-23-17(3)29(18(4)30)21-14-10-9-13-20(21)28(25(23)33)15-22(31)26-19-11-7-6-8-12-19/h6-14,16-17,23H,5,15H2,1-4H3,(H,26,31)(H,27,32)/t16-,17+,23+/m1/s1. The summed E-state index contributed by atoms with van der Waals surface area (Å²) in [6.45, 7) is 6.55. The van der Waals surface area contributed by atoms with Gasteiger partial charge in [-0.3, -0.25) is 24.1 Å². The number of nitrogens with zero attached hydrogens (tertiary/aromatic N) is 2. The zero-order valence-corrected chi connectivity index (χ0v) is 19.4. The van der Waals surface area contributed by atoms with Crippen molar-refractivity contribution >= 4 is 40.7 Å². The second-order valence-electron chi connectivity index (χ2n) is 8.25. The van der Waals surface area contributed by atoms with Crippen molar-refractivity contribution in [1.82, 2.24) is 5.32 Å². The van der Waals surface area contributed by atoms with E-state index in [1.165, 1.54) is 16.7 Å². The zero-order chi connectivity index (χ0) is 24.1. The Labute approximate surface area is 193 Å². The lowest BCUT2D eigenvalue weighted by Gasteiger charge is -2.31. The molecule has 0 spiro atoms. The molecule has 174 valence electrons. The summed E-state index contributed by atoms with van der Waals surface area (Å²) in [6.07, 6.45) is 0.612. The number of hydrogen-bond acceptors (Lipinski definition) is 4. The SMILES string of the molecule is CC[C@@H](C)C(=O)N[C@@H]1C(=O)N(CC(=O)Nc2ccccc2)c2ccccc2N(C(C)=O)[C@H]1C. The molecule has 3 rings (SSSR count). The zero-order valence-electron chi connectivity index (χ0n) is 19.4. The van der Waals surface area contributed by atoms with Gasteiger partial charge in [-0.25, -0.2) is 0 Å². The highest BCUT2D eigenvalue weighted by Gasteiger charge is 2.41. The third-order valence-corrected chi connectivity index (χ3v) is 5.91. The van der Waals surface area contributed by atoms with Crippen molar-refractivity contribution in [1.29, 1.82) is 0 Å². The summed E-state index contributed by atoms with van der Waals surface area (Å²) in [5, 5.41) is 5.61. The number of rotatable bonds is 6. The molecule has 8 nitrogen and oxygen atoms in total. The molecule has 0 saturated carbocycles. The lowest BCUT2D eigenvalue weighted by Crippen LogP contribution is -2.58. The number of amides is 4. The number of benzene rings is 2. The van der Waals surface area contributed by atoms with Gasteiger partial charge in [0.05, 0.1) is 17.4 Å². The molecule has 1 aliphatic heterocycles. The first-order valence-electron chi connectivity index (χ1n) is 11.1. The molecular formula is C25H30N4O4. The smallest absolute Gasteiger partial charge is 0.252 e. The minimum Gasteiger partial charge on any atom is -0.342 e. The van der Waals surface area contributed by atoms with Crippen LogP contribution in [0, 0.1) is 5.92 Å². The second-order valence-corrected chi connectivity index (χ2v) is 8.25. The van der Waals surface area contributed by atoms with Crippen LogP contribution in [0.15, 0.2) is 54.6 Å². The van der Waals surface area contributed by atoms with Crippen LogP contribution in [-0.2, 0) is 19.2 Å². The van der Waals surface area contributed by atoms with Gasteiger partial charge in [0.1, 0.15) is 12.6 Å². The van der Waals surface area contributed by atoms with E-state index in [-0.39, 0.29) is 30.2 Å². The van der Waals surface area contributed by atoms with Crippen molar-refractivity contribution in [2.75, 3.05) is 21.7 Å². The third kappa shape index (κ3) is 5.22. The van der Waals surface area contributed by atoms with Crippen LogP contribution in [-0.4, -0.2) is 42.3 Å². The van der Waals surface area contributed by atoms with Crippen molar-refractivity contribution in [3.05, 3.63) is 54.6 Å². The van der Waals surface area contributed by atoms with E-state index in [1.807, 2.05) is 13.0 Å². The number of fused-ring (bicyclic) bond motifs is 1. The predicted molar refractivity (Wildman–Crippen MR) is 128 cm³/mol. The van der Waals surface area contributed by atoms with Crippen molar-refractivity contribution < 1.29 is 19.2 Å². The minimum atomic E-state index is -1.01. The van der Waals surface area contributed by atoms with Gasteiger partial charge in [-0.2, -0.15) is 0 Å². The molecule has 8 heteroatoms. The molecule has 3 atom stereocenters. The van der Waals surface area contributed by atoms with Crippen LogP contribution >= 0.6 is 0 Å². The van der Waals surface area contributed by atoms with Crippen LogP contribution in [0.1, 0.15) is 34.1 Å². The van der Waals surface area contributed by atoms with Gasteiger partial charge in [0.2, 0.25) is 17.7 Å². The van der Waals surface area contributed by atoms with E-state index in [0.717, 1.165) is 0 Å². The lowest BCUT2D eigenvalue weighted by molar-refractivity contribution is -0.130. The Hall–Kier alpha value is -3.68. The molecular weight excluding hydrogens is 420 g/mol. The van der Waals surface area contributed by atoms with Gasteiger partial charge in [0.15, 0.2) is 0 Å². The van der Waals surface area contributed by atoms with Gasteiger partial charge in [0, 0.05) is 18.5 Å². The minimum absolute atomic E-state index is 0.263. The molecule has 4 amide bonds. The van der Waals surface area contributed by atoms with Crippen molar-refractivity contribution in [3.63, 3.8) is 0 Å². The molecule has 0 unspecified atom stereocenters. The van der Waals surface area contributed by atoms with E-state index in [0.29, 0.717) is 23.5 Å². The highest BCUT2D eigenvalue weighted by Crippen LogP contribution is 2.35. The third-order valence-electron chi connectivity index (χ3n) is 5.91. The molecule has 33 heavy (non-hydrogen) atoms. The summed E-state index contributed by atoms with van der Waals surface area (Å²) < 4.78 is 0. The van der Waals surface area contributed by atoms with E-state index < -0.39 is 18.0 Å². The Balaban J connectivity index is 2.00. The first-order valence-corrected chi connectivity index (χ1v) is 11.1. The molecule has 0 saturated heterocycles. The first-order chi connectivity index (χ1) is 15.7. The molecule has 1 heterocycles. The maximum Gasteiger partial charge on any atom is 0.252 e. The summed E-state index contributed by atoms with van der Waals surface area (Å²) in [5.41, 5.74) is 1.56. The highest BCUT2D eigenvalue weighted by atomic mass is 16.2. The van der Waals surface area contributed by atoms with Crippen LogP contribution < -0.4 is 20.4 Å². The van der Waals surface area contributed by atoms with Gasteiger partial charge < -0.3 is 15.5 Å². The quantitative estimate of drug-likeness (QED) is 0.707. The summed E-state index contributed by atoms with van der Waals surface area (Å²) in [4.78, 5) is 54.7. The normalized spacial score (nSPS) is 18.7. The van der Waals surface area contributed by atoms with Crippen molar-refractivity contribution in [2.45, 2.75) is 46.2 Å². The molecule has 0 radical (unpaired) electrons. The van der Waals surface area contributed by atoms with Crippen LogP contribution in [0.25, 0.3) is 0 Å². The maximum absolute atomic E-state index is 13.7. The summed E-state index contributed by atoms with van der Waals surface area (Å²) >= 11 is 0. The Morgan fingerprint density at radius 1 is 1.00 bits per heavy atom. The predicted octanol–water partition coefficient (Wildman–Crippen LogP) is 2.94. The molecule has 2 aromatic carbocycles. The molecule has 0 bridgehead atoms. The van der Waals surface area contributed by atoms with E-state index in [1.54, 1.807) is 62.4 Å².